The molecule has 2 heteroatoms. The van der Waals surface area contributed by atoms with Crippen molar-refractivity contribution in [3.63, 3.8) is 0 Å². The topological polar surface area (TPSA) is 43.1 Å². The zero-order valence-electron chi connectivity index (χ0n) is 9.56. The summed E-state index contributed by atoms with van der Waals surface area (Å²) in [5.41, 5.74) is 6.60. The molecule has 2 rings (SSSR count). The highest BCUT2D eigenvalue weighted by Crippen LogP contribution is 2.31. The van der Waals surface area contributed by atoms with E-state index in [0.29, 0.717) is 12.5 Å². The minimum Gasteiger partial charge on any atom is -0.330 e. The molecule has 0 aliphatic heterocycles. The highest BCUT2D eigenvalue weighted by atomic mass is 16.1. The lowest BCUT2D eigenvalue weighted by molar-refractivity contribution is 0.0829. The lowest BCUT2D eigenvalue weighted by Gasteiger charge is -2.29. The molecule has 2 unspecified atom stereocenters. The molecule has 0 aromatic heterocycles. The summed E-state index contributed by atoms with van der Waals surface area (Å²) < 4.78 is 0. The van der Waals surface area contributed by atoms with Gasteiger partial charge >= 0.3 is 0 Å². The molecular weight excluding hydrogens is 198 g/mol. The summed E-state index contributed by atoms with van der Waals surface area (Å²) in [6.07, 6.45) is 4.51. The first-order chi connectivity index (χ1) is 7.83. The van der Waals surface area contributed by atoms with E-state index in [4.69, 9.17) is 5.73 Å². The molecule has 86 valence electrons. The van der Waals surface area contributed by atoms with E-state index in [-0.39, 0.29) is 11.7 Å². The maximum Gasteiger partial charge on any atom is 0.166 e. The zero-order valence-corrected chi connectivity index (χ0v) is 9.56. The summed E-state index contributed by atoms with van der Waals surface area (Å²) >= 11 is 0. The maximum absolute atomic E-state index is 12.3. The number of hydrogen-bond acceptors (Lipinski definition) is 2. The highest BCUT2D eigenvalue weighted by Gasteiger charge is 2.30. The standard InChI is InChI=1S/C14H19NO/c15-10-12-8-4-5-9-13(12)14(16)11-6-2-1-3-7-11/h1-3,6-7,12-13H,4-5,8-10,15H2. The van der Waals surface area contributed by atoms with Crippen molar-refractivity contribution >= 4 is 5.78 Å². The Bertz CT molecular complexity index is 347. The van der Waals surface area contributed by atoms with Gasteiger partial charge in [-0.05, 0) is 25.3 Å². The molecular formula is C14H19NO. The quantitative estimate of drug-likeness (QED) is 0.791. The maximum atomic E-state index is 12.3. The van der Waals surface area contributed by atoms with Gasteiger partial charge in [0.1, 0.15) is 0 Å². The van der Waals surface area contributed by atoms with Crippen LogP contribution in [0.5, 0.6) is 0 Å². The van der Waals surface area contributed by atoms with Crippen LogP contribution in [0.25, 0.3) is 0 Å². The fraction of sp³-hybridized carbons (Fsp3) is 0.500. The van der Waals surface area contributed by atoms with Crippen LogP contribution in [0.3, 0.4) is 0 Å². The lowest BCUT2D eigenvalue weighted by atomic mass is 9.75. The van der Waals surface area contributed by atoms with Crippen molar-refractivity contribution in [2.75, 3.05) is 6.54 Å². The molecule has 0 bridgehead atoms. The number of benzene rings is 1. The Morgan fingerprint density at radius 3 is 2.56 bits per heavy atom. The summed E-state index contributed by atoms with van der Waals surface area (Å²) in [6, 6.07) is 9.61. The van der Waals surface area contributed by atoms with Crippen molar-refractivity contribution in [1.82, 2.24) is 0 Å². The Balaban J connectivity index is 2.14. The smallest absolute Gasteiger partial charge is 0.166 e. The van der Waals surface area contributed by atoms with Crippen LogP contribution >= 0.6 is 0 Å². The van der Waals surface area contributed by atoms with Gasteiger partial charge in [-0.15, -0.1) is 0 Å². The van der Waals surface area contributed by atoms with Gasteiger partial charge in [-0.25, -0.2) is 0 Å². The fourth-order valence-electron chi connectivity index (χ4n) is 2.65. The van der Waals surface area contributed by atoms with Gasteiger partial charge in [0.2, 0.25) is 0 Å². The van der Waals surface area contributed by atoms with Gasteiger partial charge in [0.15, 0.2) is 5.78 Å². The van der Waals surface area contributed by atoms with E-state index in [2.05, 4.69) is 0 Å². The third-order valence-electron chi connectivity index (χ3n) is 3.61. The number of rotatable bonds is 3. The first kappa shape index (κ1) is 11.3. The molecule has 2 N–H and O–H groups in total. The van der Waals surface area contributed by atoms with E-state index in [1.165, 1.54) is 12.8 Å². The van der Waals surface area contributed by atoms with Crippen molar-refractivity contribution in [2.45, 2.75) is 25.7 Å². The van der Waals surface area contributed by atoms with Crippen LogP contribution in [0.1, 0.15) is 36.0 Å². The van der Waals surface area contributed by atoms with E-state index < -0.39 is 0 Å². The number of carbonyl (C=O) groups is 1. The Hall–Kier alpha value is -1.15. The van der Waals surface area contributed by atoms with Crippen molar-refractivity contribution in [2.24, 2.45) is 17.6 Å². The van der Waals surface area contributed by atoms with Gasteiger partial charge in [0.05, 0.1) is 0 Å². The first-order valence-corrected chi connectivity index (χ1v) is 6.12. The van der Waals surface area contributed by atoms with E-state index in [9.17, 15) is 4.79 Å². The Morgan fingerprint density at radius 1 is 1.19 bits per heavy atom. The van der Waals surface area contributed by atoms with Crippen molar-refractivity contribution < 1.29 is 4.79 Å². The van der Waals surface area contributed by atoms with Gasteiger partial charge in [0.25, 0.3) is 0 Å². The van der Waals surface area contributed by atoms with E-state index in [1.54, 1.807) is 0 Å². The first-order valence-electron chi connectivity index (χ1n) is 6.12. The number of carbonyl (C=O) groups excluding carboxylic acids is 1. The van der Waals surface area contributed by atoms with Crippen molar-refractivity contribution in [3.8, 4) is 0 Å². The molecule has 0 radical (unpaired) electrons. The van der Waals surface area contributed by atoms with Crippen LogP contribution in [0.15, 0.2) is 30.3 Å². The van der Waals surface area contributed by atoms with Gasteiger partial charge in [-0.1, -0.05) is 43.2 Å². The average molecular weight is 217 g/mol. The second-order valence-corrected chi connectivity index (χ2v) is 4.62. The normalized spacial score (nSPS) is 25.3. The monoisotopic (exact) mass is 217 g/mol. The Morgan fingerprint density at radius 2 is 1.88 bits per heavy atom. The van der Waals surface area contributed by atoms with Crippen LogP contribution in [0, 0.1) is 11.8 Å². The molecule has 0 heterocycles. The van der Waals surface area contributed by atoms with Gasteiger partial charge in [-0.2, -0.15) is 0 Å². The SMILES string of the molecule is NCC1CCCCC1C(=O)c1ccccc1. The molecule has 0 spiro atoms. The number of hydrogen-bond donors (Lipinski definition) is 1. The molecule has 1 fully saturated rings. The summed E-state index contributed by atoms with van der Waals surface area (Å²) in [4.78, 5) is 12.3. The second-order valence-electron chi connectivity index (χ2n) is 4.62. The largest absolute Gasteiger partial charge is 0.330 e. The van der Waals surface area contributed by atoms with E-state index >= 15 is 0 Å². The third kappa shape index (κ3) is 2.33. The summed E-state index contributed by atoms with van der Waals surface area (Å²) in [6.45, 7) is 0.642. The minimum atomic E-state index is 0.154. The molecule has 2 atom stereocenters. The van der Waals surface area contributed by atoms with Crippen molar-refractivity contribution in [1.29, 1.82) is 0 Å². The molecule has 1 saturated carbocycles. The van der Waals surface area contributed by atoms with Crippen LogP contribution in [0.2, 0.25) is 0 Å². The predicted octanol–water partition coefficient (Wildman–Crippen LogP) is 2.63. The molecule has 1 aromatic rings. The van der Waals surface area contributed by atoms with Crippen LogP contribution in [-0.2, 0) is 0 Å². The van der Waals surface area contributed by atoms with Gasteiger partial charge in [0, 0.05) is 11.5 Å². The van der Waals surface area contributed by atoms with Gasteiger partial charge in [-0.3, -0.25) is 4.79 Å². The number of Topliss-reactive ketones (excluding diaryl/α,β-unsaturated/α-hetero) is 1. The molecule has 16 heavy (non-hydrogen) atoms. The summed E-state index contributed by atoms with van der Waals surface area (Å²) in [7, 11) is 0. The van der Waals surface area contributed by atoms with Crippen LogP contribution < -0.4 is 5.73 Å². The number of ketones is 1. The third-order valence-corrected chi connectivity index (χ3v) is 3.61. The zero-order chi connectivity index (χ0) is 11.4. The van der Waals surface area contributed by atoms with Crippen molar-refractivity contribution in [3.05, 3.63) is 35.9 Å². The number of nitrogens with two attached hydrogens (primary N) is 1. The molecule has 0 saturated heterocycles. The second kappa shape index (κ2) is 5.26. The Kier molecular flexibility index (Phi) is 3.73. The summed E-state index contributed by atoms with van der Waals surface area (Å²) in [5, 5.41) is 0. The average Bonchev–Trinajstić information content (AvgIpc) is 2.39. The van der Waals surface area contributed by atoms with E-state index in [0.717, 1.165) is 18.4 Å². The lowest BCUT2D eigenvalue weighted by Crippen LogP contribution is -2.32. The molecule has 1 aliphatic rings. The molecule has 2 nitrogen and oxygen atoms in total. The highest BCUT2D eigenvalue weighted by molar-refractivity contribution is 5.98. The van der Waals surface area contributed by atoms with Crippen LogP contribution in [0.4, 0.5) is 0 Å². The minimum absolute atomic E-state index is 0.154. The van der Waals surface area contributed by atoms with Crippen LogP contribution in [-0.4, -0.2) is 12.3 Å². The molecule has 1 aromatic carbocycles. The van der Waals surface area contributed by atoms with Gasteiger partial charge < -0.3 is 5.73 Å². The predicted molar refractivity (Wildman–Crippen MR) is 65.3 cm³/mol. The fourth-order valence-corrected chi connectivity index (χ4v) is 2.65. The Labute approximate surface area is 96.8 Å². The molecule has 0 amide bonds. The van der Waals surface area contributed by atoms with E-state index in [1.807, 2.05) is 30.3 Å². The molecule has 1 aliphatic carbocycles. The summed E-state index contributed by atoms with van der Waals surface area (Å²) in [5.74, 6) is 0.832.